The standard InChI is InChI=1S/C9H16ClNO/c1-7(2)11-5-3-4-8(6-11)9(10)12/h7-8H,3-6H2,1-2H3. The Kier molecular flexibility index (Phi) is 3.53. The Morgan fingerprint density at radius 2 is 2.25 bits per heavy atom. The van der Waals surface area contributed by atoms with E-state index in [1.54, 1.807) is 0 Å². The summed E-state index contributed by atoms with van der Waals surface area (Å²) in [6, 6.07) is 0.531. The molecule has 1 aliphatic heterocycles. The lowest BCUT2D eigenvalue weighted by Crippen LogP contribution is -2.41. The van der Waals surface area contributed by atoms with Crippen LogP contribution in [0, 0.1) is 5.92 Å². The fourth-order valence-electron chi connectivity index (χ4n) is 1.66. The van der Waals surface area contributed by atoms with Gasteiger partial charge in [-0.05, 0) is 44.8 Å². The zero-order chi connectivity index (χ0) is 9.14. The minimum atomic E-state index is -0.166. The molecule has 1 fully saturated rings. The highest BCUT2D eigenvalue weighted by atomic mass is 35.5. The zero-order valence-electron chi connectivity index (χ0n) is 7.72. The maximum absolute atomic E-state index is 10.9. The van der Waals surface area contributed by atoms with E-state index in [0.29, 0.717) is 6.04 Å². The SMILES string of the molecule is CC(C)N1CCCC(C(=O)Cl)C1. The normalized spacial score (nSPS) is 26.2. The van der Waals surface area contributed by atoms with E-state index in [2.05, 4.69) is 18.7 Å². The number of carbonyl (C=O) groups is 1. The van der Waals surface area contributed by atoms with Crippen molar-refractivity contribution in [3.05, 3.63) is 0 Å². The van der Waals surface area contributed by atoms with Crippen LogP contribution in [0.15, 0.2) is 0 Å². The van der Waals surface area contributed by atoms with Crippen LogP contribution in [0.1, 0.15) is 26.7 Å². The van der Waals surface area contributed by atoms with Crippen molar-refractivity contribution in [3.63, 3.8) is 0 Å². The van der Waals surface area contributed by atoms with Crippen molar-refractivity contribution in [3.8, 4) is 0 Å². The highest BCUT2D eigenvalue weighted by Crippen LogP contribution is 2.20. The van der Waals surface area contributed by atoms with Gasteiger partial charge in [0.1, 0.15) is 0 Å². The van der Waals surface area contributed by atoms with Crippen LogP contribution < -0.4 is 0 Å². The van der Waals surface area contributed by atoms with E-state index in [1.807, 2.05) is 0 Å². The lowest BCUT2D eigenvalue weighted by Gasteiger charge is -2.33. The first-order valence-electron chi connectivity index (χ1n) is 4.54. The summed E-state index contributed by atoms with van der Waals surface area (Å²) >= 11 is 5.46. The number of hydrogen-bond donors (Lipinski definition) is 0. The number of carbonyl (C=O) groups excluding carboxylic acids is 1. The molecule has 0 aromatic rings. The number of piperidine rings is 1. The van der Waals surface area contributed by atoms with Crippen LogP contribution in [0.5, 0.6) is 0 Å². The van der Waals surface area contributed by atoms with Gasteiger partial charge in [-0.25, -0.2) is 0 Å². The molecule has 0 saturated carbocycles. The van der Waals surface area contributed by atoms with Gasteiger partial charge < -0.3 is 4.90 Å². The van der Waals surface area contributed by atoms with E-state index in [1.165, 1.54) is 0 Å². The van der Waals surface area contributed by atoms with Crippen LogP contribution in [0.3, 0.4) is 0 Å². The van der Waals surface area contributed by atoms with Gasteiger partial charge in [0, 0.05) is 18.5 Å². The van der Waals surface area contributed by atoms with Gasteiger partial charge in [-0.3, -0.25) is 4.79 Å². The van der Waals surface area contributed by atoms with Gasteiger partial charge in [0.15, 0.2) is 0 Å². The van der Waals surface area contributed by atoms with Gasteiger partial charge in [0.25, 0.3) is 0 Å². The van der Waals surface area contributed by atoms with Crippen molar-refractivity contribution in [1.29, 1.82) is 0 Å². The van der Waals surface area contributed by atoms with E-state index < -0.39 is 0 Å². The molecule has 1 aliphatic rings. The fourth-order valence-corrected chi connectivity index (χ4v) is 1.84. The molecule has 0 aromatic carbocycles. The second-order valence-electron chi connectivity index (χ2n) is 3.73. The smallest absolute Gasteiger partial charge is 0.226 e. The second kappa shape index (κ2) is 4.24. The molecule has 1 unspecified atom stereocenters. The Hall–Kier alpha value is -0.0800. The third-order valence-corrected chi connectivity index (χ3v) is 2.81. The number of halogens is 1. The summed E-state index contributed by atoms with van der Waals surface area (Å²) in [5, 5.41) is -0.166. The topological polar surface area (TPSA) is 20.3 Å². The minimum Gasteiger partial charge on any atom is -0.300 e. The first kappa shape index (κ1) is 10.0. The molecule has 0 radical (unpaired) electrons. The highest BCUT2D eigenvalue weighted by Gasteiger charge is 2.25. The summed E-state index contributed by atoms with van der Waals surface area (Å²) in [5.74, 6) is 0.0721. The lowest BCUT2D eigenvalue weighted by molar-refractivity contribution is -0.116. The number of rotatable bonds is 2. The third-order valence-electron chi connectivity index (χ3n) is 2.50. The molecule has 0 spiro atoms. The summed E-state index contributed by atoms with van der Waals surface area (Å²) in [6.07, 6.45) is 2.06. The zero-order valence-corrected chi connectivity index (χ0v) is 8.47. The largest absolute Gasteiger partial charge is 0.300 e. The van der Waals surface area contributed by atoms with Crippen LogP contribution in [-0.4, -0.2) is 29.3 Å². The molecule has 1 heterocycles. The van der Waals surface area contributed by atoms with Crippen molar-refractivity contribution in [1.82, 2.24) is 4.90 Å². The van der Waals surface area contributed by atoms with Crippen molar-refractivity contribution in [2.75, 3.05) is 13.1 Å². The summed E-state index contributed by atoms with van der Waals surface area (Å²) in [5.41, 5.74) is 0. The average molecular weight is 190 g/mol. The molecular formula is C9H16ClNO. The molecule has 0 bridgehead atoms. The average Bonchev–Trinajstić information content (AvgIpc) is 2.04. The summed E-state index contributed by atoms with van der Waals surface area (Å²) < 4.78 is 0. The molecule has 1 rings (SSSR count). The maximum Gasteiger partial charge on any atom is 0.226 e. The predicted octanol–water partition coefficient (Wildman–Crippen LogP) is 1.87. The van der Waals surface area contributed by atoms with Crippen LogP contribution >= 0.6 is 11.6 Å². The maximum atomic E-state index is 10.9. The number of nitrogens with zero attached hydrogens (tertiary/aromatic N) is 1. The monoisotopic (exact) mass is 189 g/mol. The second-order valence-corrected chi connectivity index (χ2v) is 4.10. The lowest BCUT2D eigenvalue weighted by atomic mass is 9.98. The molecular weight excluding hydrogens is 174 g/mol. The Balaban J connectivity index is 2.46. The third kappa shape index (κ3) is 2.46. The first-order chi connectivity index (χ1) is 5.61. The molecule has 0 aromatic heterocycles. The Bertz CT molecular complexity index is 170. The van der Waals surface area contributed by atoms with Crippen LogP contribution in [-0.2, 0) is 4.79 Å². The van der Waals surface area contributed by atoms with E-state index in [9.17, 15) is 4.79 Å². The van der Waals surface area contributed by atoms with Gasteiger partial charge in [0.2, 0.25) is 5.24 Å². The van der Waals surface area contributed by atoms with Gasteiger partial charge >= 0.3 is 0 Å². The van der Waals surface area contributed by atoms with Crippen molar-refractivity contribution in [2.45, 2.75) is 32.7 Å². The predicted molar refractivity (Wildman–Crippen MR) is 50.3 cm³/mol. The quantitative estimate of drug-likeness (QED) is 0.619. The summed E-state index contributed by atoms with van der Waals surface area (Å²) in [7, 11) is 0. The van der Waals surface area contributed by atoms with Crippen LogP contribution in [0.4, 0.5) is 0 Å². The van der Waals surface area contributed by atoms with E-state index >= 15 is 0 Å². The number of hydrogen-bond acceptors (Lipinski definition) is 2. The Morgan fingerprint density at radius 1 is 1.58 bits per heavy atom. The molecule has 12 heavy (non-hydrogen) atoms. The molecule has 0 amide bonds. The van der Waals surface area contributed by atoms with Crippen LogP contribution in [0.25, 0.3) is 0 Å². The Labute approximate surface area is 78.9 Å². The minimum absolute atomic E-state index is 0.0721. The number of likely N-dealkylation sites (tertiary alicyclic amines) is 1. The molecule has 70 valence electrons. The first-order valence-corrected chi connectivity index (χ1v) is 4.92. The van der Waals surface area contributed by atoms with Crippen LogP contribution in [0.2, 0.25) is 0 Å². The molecule has 0 aliphatic carbocycles. The molecule has 1 saturated heterocycles. The van der Waals surface area contributed by atoms with Gasteiger partial charge in [-0.1, -0.05) is 0 Å². The summed E-state index contributed by atoms with van der Waals surface area (Å²) in [4.78, 5) is 13.2. The van der Waals surface area contributed by atoms with Gasteiger partial charge in [-0.15, -0.1) is 0 Å². The fraction of sp³-hybridized carbons (Fsp3) is 0.889. The molecule has 2 nitrogen and oxygen atoms in total. The van der Waals surface area contributed by atoms with E-state index in [-0.39, 0.29) is 11.2 Å². The summed E-state index contributed by atoms with van der Waals surface area (Å²) in [6.45, 7) is 6.26. The molecule has 3 heteroatoms. The van der Waals surface area contributed by atoms with Gasteiger partial charge in [-0.2, -0.15) is 0 Å². The van der Waals surface area contributed by atoms with Crippen molar-refractivity contribution >= 4 is 16.8 Å². The van der Waals surface area contributed by atoms with Gasteiger partial charge in [0.05, 0.1) is 0 Å². The highest BCUT2D eigenvalue weighted by molar-refractivity contribution is 6.64. The van der Waals surface area contributed by atoms with Crippen molar-refractivity contribution in [2.24, 2.45) is 5.92 Å². The van der Waals surface area contributed by atoms with Crippen molar-refractivity contribution < 1.29 is 4.79 Å². The van der Waals surface area contributed by atoms with E-state index in [0.717, 1.165) is 25.9 Å². The van der Waals surface area contributed by atoms with E-state index in [4.69, 9.17) is 11.6 Å². The molecule has 0 N–H and O–H groups in total. The Morgan fingerprint density at radius 3 is 2.75 bits per heavy atom. The molecule has 1 atom stereocenters.